The van der Waals surface area contributed by atoms with Gasteiger partial charge in [-0.3, -0.25) is 9.78 Å². The summed E-state index contributed by atoms with van der Waals surface area (Å²) in [6.45, 7) is 4.76. The number of ether oxygens (including phenoxy) is 1. The number of nitrogens with one attached hydrogen (secondary N) is 3. The van der Waals surface area contributed by atoms with Crippen molar-refractivity contribution in [2.75, 3.05) is 36.9 Å². The van der Waals surface area contributed by atoms with E-state index in [2.05, 4.69) is 25.6 Å². The molecule has 0 bridgehead atoms. The molecule has 1 aliphatic rings. The molecule has 0 aliphatic carbocycles. The molecule has 0 spiro atoms. The number of hydrogen-bond donors (Lipinski definition) is 3. The third-order valence-electron chi connectivity index (χ3n) is 7.86. The minimum absolute atomic E-state index is 0.110. The lowest BCUT2D eigenvalue weighted by molar-refractivity contribution is -0.137. The van der Waals surface area contributed by atoms with Gasteiger partial charge < -0.3 is 25.7 Å². The van der Waals surface area contributed by atoms with Gasteiger partial charge in [0.1, 0.15) is 11.6 Å². The molecular weight excluding hydrogens is 583 g/mol. The van der Waals surface area contributed by atoms with E-state index in [1.54, 1.807) is 60.7 Å². The van der Waals surface area contributed by atoms with Gasteiger partial charge in [-0.2, -0.15) is 18.2 Å². The molecule has 1 fully saturated rings. The van der Waals surface area contributed by atoms with Crippen LogP contribution in [0.25, 0.3) is 22.5 Å². The molecule has 2 aromatic heterocycles. The minimum Gasteiger partial charge on any atom is -0.438 e. The highest BCUT2D eigenvalue weighted by molar-refractivity contribution is 5.88. The smallest absolute Gasteiger partial charge is 0.418 e. The number of benzene rings is 2. The number of aryl methyl sites for hydroxylation is 1. The van der Waals surface area contributed by atoms with Crippen LogP contribution in [-0.4, -0.2) is 53.8 Å². The number of hydrogen-bond acceptors (Lipinski definition) is 8. The average molecular weight is 618 g/mol. The molecule has 0 radical (unpaired) electrons. The van der Waals surface area contributed by atoms with E-state index in [1.807, 2.05) is 6.92 Å². The minimum atomic E-state index is -4.56. The standard InChI is InChI=1S/C33H34F3N7O2/c1-20-4-5-25(17-29(20)45-32-26(18-37)31(38-3)41-30(42-32)23-8-12-39-13-9-23)24-6-7-28(27(16-24)33(34,35)36)43-14-10-22(11-15-43)19-40-21(2)44/h4-9,12-13,16-18,22,37H,10-11,14-15,19H2,1-3H3,(H,40,44)(H,38,41,42). The monoisotopic (exact) mass is 617 g/mol. The van der Waals surface area contributed by atoms with Crippen LogP contribution in [0, 0.1) is 18.3 Å². The Hall–Kier alpha value is -5.00. The van der Waals surface area contributed by atoms with Crippen LogP contribution in [0.4, 0.5) is 24.7 Å². The molecule has 1 aliphatic heterocycles. The Morgan fingerprint density at radius 3 is 2.38 bits per heavy atom. The van der Waals surface area contributed by atoms with E-state index < -0.39 is 11.7 Å². The number of piperidine rings is 1. The first-order valence-electron chi connectivity index (χ1n) is 14.6. The third-order valence-corrected chi connectivity index (χ3v) is 7.86. The van der Waals surface area contributed by atoms with Crippen LogP contribution in [0.15, 0.2) is 60.9 Å². The van der Waals surface area contributed by atoms with Crippen LogP contribution in [0.3, 0.4) is 0 Å². The Morgan fingerprint density at radius 2 is 1.73 bits per heavy atom. The first kappa shape index (κ1) is 31.4. The van der Waals surface area contributed by atoms with Crippen LogP contribution < -0.4 is 20.3 Å². The van der Waals surface area contributed by atoms with E-state index in [0.717, 1.165) is 11.8 Å². The Bertz CT molecular complexity index is 1690. The van der Waals surface area contributed by atoms with Crippen molar-refractivity contribution >= 4 is 23.6 Å². The van der Waals surface area contributed by atoms with Gasteiger partial charge in [0.15, 0.2) is 5.82 Å². The van der Waals surface area contributed by atoms with Gasteiger partial charge in [-0.25, -0.2) is 4.98 Å². The maximum Gasteiger partial charge on any atom is 0.418 e. The molecule has 4 aromatic rings. The second-order valence-electron chi connectivity index (χ2n) is 10.9. The van der Waals surface area contributed by atoms with Gasteiger partial charge in [0.2, 0.25) is 11.8 Å². The maximum absolute atomic E-state index is 14.4. The number of nitrogens with zero attached hydrogens (tertiary/aromatic N) is 4. The maximum atomic E-state index is 14.4. The molecule has 9 nitrogen and oxygen atoms in total. The number of rotatable bonds is 9. The molecular formula is C33H34F3N7O2. The molecule has 2 aromatic carbocycles. The predicted octanol–water partition coefficient (Wildman–Crippen LogP) is 6.72. The zero-order valence-corrected chi connectivity index (χ0v) is 25.2. The van der Waals surface area contributed by atoms with Gasteiger partial charge in [0.25, 0.3) is 0 Å². The molecule has 45 heavy (non-hydrogen) atoms. The quantitative estimate of drug-likeness (QED) is 0.179. The first-order valence-corrected chi connectivity index (χ1v) is 14.6. The van der Waals surface area contributed by atoms with Crippen molar-refractivity contribution in [3.63, 3.8) is 0 Å². The highest BCUT2D eigenvalue weighted by Gasteiger charge is 2.36. The lowest BCUT2D eigenvalue weighted by Crippen LogP contribution is -2.39. The molecule has 12 heteroatoms. The van der Waals surface area contributed by atoms with Gasteiger partial charge in [-0.05, 0) is 72.7 Å². The molecule has 0 atom stereocenters. The summed E-state index contributed by atoms with van der Waals surface area (Å²) in [5.74, 6) is 1.39. The number of aromatic nitrogens is 3. The molecule has 3 heterocycles. The first-order chi connectivity index (χ1) is 21.6. The number of anilines is 2. The summed E-state index contributed by atoms with van der Waals surface area (Å²) >= 11 is 0. The molecule has 5 rings (SSSR count). The van der Waals surface area contributed by atoms with Crippen molar-refractivity contribution < 1.29 is 22.7 Å². The van der Waals surface area contributed by atoms with Gasteiger partial charge in [-0.15, -0.1) is 0 Å². The SMILES string of the molecule is CNc1nc(-c2ccncc2)nc(Oc2cc(-c3ccc(N4CCC(CNC(C)=O)CC4)c(C(F)(F)F)c3)ccc2C)c1C=N. The van der Waals surface area contributed by atoms with Crippen LogP contribution in [0.2, 0.25) is 0 Å². The van der Waals surface area contributed by atoms with E-state index in [9.17, 15) is 18.0 Å². The predicted molar refractivity (Wildman–Crippen MR) is 168 cm³/mol. The van der Waals surface area contributed by atoms with Gasteiger partial charge >= 0.3 is 6.18 Å². The van der Waals surface area contributed by atoms with Gasteiger partial charge in [0, 0.05) is 63.5 Å². The molecule has 3 N–H and O–H groups in total. The summed E-state index contributed by atoms with van der Waals surface area (Å²) in [6, 6.07) is 13.1. The molecule has 0 saturated carbocycles. The summed E-state index contributed by atoms with van der Waals surface area (Å²) in [7, 11) is 1.68. The number of halogens is 3. The van der Waals surface area contributed by atoms with Crippen molar-refractivity contribution in [3.05, 3.63) is 77.6 Å². The Morgan fingerprint density at radius 1 is 1.04 bits per heavy atom. The summed E-state index contributed by atoms with van der Waals surface area (Å²) < 4.78 is 49.5. The fraction of sp³-hybridized carbons (Fsp3) is 0.303. The molecule has 1 saturated heterocycles. The third kappa shape index (κ3) is 7.22. The zero-order chi connectivity index (χ0) is 32.1. The second kappa shape index (κ2) is 13.3. The fourth-order valence-electron chi connectivity index (χ4n) is 5.36. The zero-order valence-electron chi connectivity index (χ0n) is 25.2. The van der Waals surface area contributed by atoms with E-state index in [-0.39, 0.29) is 23.4 Å². The van der Waals surface area contributed by atoms with Crippen molar-refractivity contribution in [2.45, 2.75) is 32.9 Å². The summed E-state index contributed by atoms with van der Waals surface area (Å²) in [6.07, 6.45) is 1.15. The van der Waals surface area contributed by atoms with E-state index in [1.165, 1.54) is 19.1 Å². The summed E-state index contributed by atoms with van der Waals surface area (Å²) in [4.78, 5) is 26.1. The van der Waals surface area contributed by atoms with Crippen molar-refractivity contribution in [1.29, 1.82) is 5.41 Å². The highest BCUT2D eigenvalue weighted by atomic mass is 19.4. The highest BCUT2D eigenvalue weighted by Crippen LogP contribution is 2.41. The van der Waals surface area contributed by atoms with Crippen LogP contribution in [0.5, 0.6) is 11.6 Å². The van der Waals surface area contributed by atoms with Crippen molar-refractivity contribution in [2.24, 2.45) is 5.92 Å². The van der Waals surface area contributed by atoms with Crippen LogP contribution >= 0.6 is 0 Å². The number of amides is 1. The molecule has 234 valence electrons. The largest absolute Gasteiger partial charge is 0.438 e. The van der Waals surface area contributed by atoms with E-state index in [0.29, 0.717) is 72.1 Å². The number of carbonyl (C=O) groups is 1. The van der Waals surface area contributed by atoms with E-state index >= 15 is 0 Å². The fourth-order valence-corrected chi connectivity index (χ4v) is 5.36. The van der Waals surface area contributed by atoms with Crippen molar-refractivity contribution in [1.82, 2.24) is 20.3 Å². The normalized spacial score (nSPS) is 13.8. The Balaban J connectivity index is 1.46. The number of carbonyl (C=O) groups excluding carboxylic acids is 1. The van der Waals surface area contributed by atoms with Crippen LogP contribution in [-0.2, 0) is 11.0 Å². The van der Waals surface area contributed by atoms with Gasteiger partial charge in [0.05, 0.1) is 11.1 Å². The van der Waals surface area contributed by atoms with E-state index in [4.69, 9.17) is 10.1 Å². The topological polar surface area (TPSA) is 116 Å². The second-order valence-corrected chi connectivity index (χ2v) is 10.9. The number of pyridine rings is 1. The Labute approximate surface area is 259 Å². The van der Waals surface area contributed by atoms with Crippen molar-refractivity contribution in [3.8, 4) is 34.1 Å². The molecule has 1 amide bonds. The Kier molecular flexibility index (Phi) is 9.31. The lowest BCUT2D eigenvalue weighted by Gasteiger charge is -2.35. The number of alkyl halides is 3. The molecule has 0 unspecified atom stereocenters. The summed E-state index contributed by atoms with van der Waals surface area (Å²) in [5, 5.41) is 13.8. The van der Waals surface area contributed by atoms with Gasteiger partial charge in [-0.1, -0.05) is 18.2 Å². The van der Waals surface area contributed by atoms with Crippen LogP contribution in [0.1, 0.15) is 36.5 Å². The summed E-state index contributed by atoms with van der Waals surface area (Å²) in [5.41, 5.74) is 2.13. The lowest BCUT2D eigenvalue weighted by atomic mass is 9.94. The average Bonchev–Trinajstić information content (AvgIpc) is 3.04.